The van der Waals surface area contributed by atoms with Crippen molar-refractivity contribution in [2.75, 3.05) is 19.6 Å². The lowest BCUT2D eigenvalue weighted by Gasteiger charge is -2.23. The van der Waals surface area contributed by atoms with Crippen LogP contribution >= 0.6 is 0 Å². The Kier molecular flexibility index (Phi) is 1.92. The van der Waals surface area contributed by atoms with Gasteiger partial charge in [0.15, 0.2) is 0 Å². The van der Waals surface area contributed by atoms with Gasteiger partial charge in [0.25, 0.3) is 0 Å². The van der Waals surface area contributed by atoms with E-state index in [2.05, 4.69) is 5.32 Å². The lowest BCUT2D eigenvalue weighted by atomic mass is 10.3. The molecule has 0 spiro atoms. The van der Waals surface area contributed by atoms with Crippen molar-refractivity contribution < 1.29 is 4.79 Å². The van der Waals surface area contributed by atoms with Crippen LogP contribution in [-0.4, -0.2) is 30.6 Å². The highest BCUT2D eigenvalue weighted by Crippen LogP contribution is 1.98. The summed E-state index contributed by atoms with van der Waals surface area (Å²) < 4.78 is 0. The van der Waals surface area contributed by atoms with E-state index in [0.717, 1.165) is 26.1 Å². The second kappa shape index (κ2) is 2.71. The fraction of sp³-hybridized carbons (Fsp3) is 0.833. The molecule has 0 aromatic rings. The van der Waals surface area contributed by atoms with Gasteiger partial charge in [0.1, 0.15) is 0 Å². The summed E-state index contributed by atoms with van der Waals surface area (Å²) in [6.45, 7) is 4.37. The number of carbonyl (C=O) groups is 1. The van der Waals surface area contributed by atoms with Crippen molar-refractivity contribution in [3.63, 3.8) is 0 Å². The topological polar surface area (TPSA) is 34.4 Å². The van der Waals surface area contributed by atoms with E-state index in [4.69, 9.17) is 0 Å². The number of urea groups is 1. The Hall–Kier alpha value is -0.730. The summed E-state index contributed by atoms with van der Waals surface area (Å²) in [7, 11) is 0. The highest BCUT2D eigenvalue weighted by Gasteiger charge is 2.15. The molecule has 2 amide bonds. The third-order valence-electron chi connectivity index (χ3n) is 1.49. The number of nitrogens with zero attached hydrogens (tertiary/aromatic N) is 2. The molecule has 3 nitrogen and oxygen atoms in total. The van der Waals surface area contributed by atoms with Crippen molar-refractivity contribution in [2.24, 2.45) is 0 Å². The standard InChI is InChI=1S/C6H11N2O/c1-2-8-5-3-4-7-6(8)9/h2-5H2,1H3. The predicted molar refractivity (Wildman–Crippen MR) is 34.3 cm³/mol. The SMILES string of the molecule is CCN1CCC[N]C1=O. The molecule has 1 saturated heterocycles. The van der Waals surface area contributed by atoms with Gasteiger partial charge in [-0.05, 0) is 13.3 Å². The minimum absolute atomic E-state index is 0.0382. The van der Waals surface area contributed by atoms with Gasteiger partial charge in [0, 0.05) is 19.6 Å². The van der Waals surface area contributed by atoms with Gasteiger partial charge in [-0.3, -0.25) is 0 Å². The molecule has 0 aromatic heterocycles. The summed E-state index contributed by atoms with van der Waals surface area (Å²) in [5.41, 5.74) is 0. The molecule has 0 unspecified atom stereocenters. The number of hydrogen-bond acceptors (Lipinski definition) is 1. The van der Waals surface area contributed by atoms with Crippen molar-refractivity contribution in [2.45, 2.75) is 13.3 Å². The van der Waals surface area contributed by atoms with Crippen molar-refractivity contribution in [3.05, 3.63) is 0 Å². The maximum absolute atomic E-state index is 10.8. The van der Waals surface area contributed by atoms with Crippen LogP contribution in [0.2, 0.25) is 0 Å². The van der Waals surface area contributed by atoms with Crippen LogP contribution in [0.4, 0.5) is 4.79 Å². The van der Waals surface area contributed by atoms with E-state index in [9.17, 15) is 4.79 Å². The normalized spacial score (nSPS) is 19.7. The lowest BCUT2D eigenvalue weighted by Crippen LogP contribution is -2.42. The molecule has 1 aliphatic rings. The monoisotopic (exact) mass is 127 g/mol. The van der Waals surface area contributed by atoms with E-state index < -0.39 is 0 Å². The zero-order valence-corrected chi connectivity index (χ0v) is 5.63. The van der Waals surface area contributed by atoms with Crippen LogP contribution in [0.25, 0.3) is 0 Å². The van der Waals surface area contributed by atoms with Crippen LogP contribution in [0.1, 0.15) is 13.3 Å². The Morgan fingerprint density at radius 3 is 3.00 bits per heavy atom. The summed E-state index contributed by atoms with van der Waals surface area (Å²) in [5, 5.41) is 3.77. The van der Waals surface area contributed by atoms with E-state index in [1.54, 1.807) is 4.90 Å². The maximum Gasteiger partial charge on any atom is 0.338 e. The van der Waals surface area contributed by atoms with Crippen LogP contribution in [0.3, 0.4) is 0 Å². The quantitative estimate of drug-likeness (QED) is 0.503. The first kappa shape index (κ1) is 6.39. The van der Waals surface area contributed by atoms with Gasteiger partial charge in [0.05, 0.1) is 0 Å². The van der Waals surface area contributed by atoms with Crippen molar-refractivity contribution in [3.8, 4) is 0 Å². The summed E-state index contributed by atoms with van der Waals surface area (Å²) in [4.78, 5) is 12.5. The molecule has 0 N–H and O–H groups in total. The number of hydrogen-bond donors (Lipinski definition) is 0. The maximum atomic E-state index is 10.8. The first-order chi connectivity index (χ1) is 4.34. The minimum Gasteiger partial charge on any atom is -0.323 e. The Morgan fingerprint density at radius 2 is 2.56 bits per heavy atom. The highest BCUT2D eigenvalue weighted by atomic mass is 16.2. The summed E-state index contributed by atoms with van der Waals surface area (Å²) in [6, 6.07) is -0.0382. The zero-order chi connectivity index (χ0) is 6.69. The first-order valence-electron chi connectivity index (χ1n) is 3.31. The Balaban J connectivity index is 2.39. The Bertz CT molecular complexity index is 114. The molecule has 1 radical (unpaired) electrons. The molecular weight excluding hydrogens is 116 g/mol. The third-order valence-corrected chi connectivity index (χ3v) is 1.49. The Morgan fingerprint density at radius 1 is 1.78 bits per heavy atom. The first-order valence-corrected chi connectivity index (χ1v) is 3.31. The summed E-state index contributed by atoms with van der Waals surface area (Å²) in [6.07, 6.45) is 1.03. The van der Waals surface area contributed by atoms with Crippen molar-refractivity contribution in [1.29, 1.82) is 0 Å². The van der Waals surface area contributed by atoms with Crippen LogP contribution in [0, 0.1) is 0 Å². The molecule has 0 aromatic carbocycles. The van der Waals surface area contributed by atoms with Gasteiger partial charge < -0.3 is 4.90 Å². The second-order valence-corrected chi connectivity index (χ2v) is 2.10. The molecule has 1 fully saturated rings. The molecule has 1 heterocycles. The third kappa shape index (κ3) is 1.34. The molecule has 0 atom stereocenters. The van der Waals surface area contributed by atoms with Gasteiger partial charge >= 0.3 is 6.03 Å². The van der Waals surface area contributed by atoms with Crippen molar-refractivity contribution in [1.82, 2.24) is 10.2 Å². The summed E-state index contributed by atoms with van der Waals surface area (Å²) >= 11 is 0. The van der Waals surface area contributed by atoms with E-state index in [0.29, 0.717) is 0 Å². The lowest BCUT2D eigenvalue weighted by molar-refractivity contribution is 0.188. The van der Waals surface area contributed by atoms with E-state index in [1.807, 2.05) is 6.92 Å². The van der Waals surface area contributed by atoms with Gasteiger partial charge in [-0.15, -0.1) is 0 Å². The molecule has 3 heteroatoms. The molecule has 9 heavy (non-hydrogen) atoms. The number of carbonyl (C=O) groups excluding carboxylic acids is 1. The molecule has 51 valence electrons. The zero-order valence-electron chi connectivity index (χ0n) is 5.63. The van der Waals surface area contributed by atoms with Crippen LogP contribution in [-0.2, 0) is 0 Å². The Labute approximate surface area is 55.0 Å². The summed E-state index contributed by atoms with van der Waals surface area (Å²) in [5.74, 6) is 0. The van der Waals surface area contributed by atoms with Crippen LogP contribution in [0.5, 0.6) is 0 Å². The van der Waals surface area contributed by atoms with Gasteiger partial charge in [-0.25, -0.2) is 10.1 Å². The highest BCUT2D eigenvalue weighted by molar-refractivity contribution is 5.74. The number of amides is 2. The molecule has 1 rings (SSSR count). The largest absolute Gasteiger partial charge is 0.338 e. The second-order valence-electron chi connectivity index (χ2n) is 2.10. The average Bonchev–Trinajstić information content (AvgIpc) is 1.89. The fourth-order valence-corrected chi connectivity index (χ4v) is 0.925. The molecule has 0 bridgehead atoms. The van der Waals surface area contributed by atoms with Crippen molar-refractivity contribution >= 4 is 6.03 Å². The van der Waals surface area contributed by atoms with Gasteiger partial charge in [0.2, 0.25) is 0 Å². The molecule has 0 saturated carbocycles. The molecular formula is C6H11N2O. The number of rotatable bonds is 1. The van der Waals surface area contributed by atoms with Crippen LogP contribution < -0.4 is 5.32 Å². The van der Waals surface area contributed by atoms with Gasteiger partial charge in [-0.2, -0.15) is 0 Å². The van der Waals surface area contributed by atoms with Gasteiger partial charge in [-0.1, -0.05) is 0 Å². The molecule has 1 aliphatic heterocycles. The van der Waals surface area contributed by atoms with Crippen LogP contribution in [0.15, 0.2) is 0 Å². The smallest absolute Gasteiger partial charge is 0.323 e. The van der Waals surface area contributed by atoms with E-state index >= 15 is 0 Å². The fourth-order valence-electron chi connectivity index (χ4n) is 0.925. The molecule has 0 aliphatic carbocycles. The van der Waals surface area contributed by atoms with E-state index in [1.165, 1.54) is 0 Å². The average molecular weight is 127 g/mol. The minimum atomic E-state index is -0.0382. The predicted octanol–water partition coefficient (Wildman–Crippen LogP) is 0.436. The van der Waals surface area contributed by atoms with E-state index in [-0.39, 0.29) is 6.03 Å².